The highest BCUT2D eigenvalue weighted by Gasteiger charge is 2.42. The normalized spacial score (nSPS) is 20.2. The Balaban J connectivity index is 2.05. The van der Waals surface area contributed by atoms with Crippen LogP contribution < -0.4 is 21.3 Å². The SMILES string of the molecule is Cc1cc(N2C(N)=NC(N)=NC23CCCCC3)ccc1N(C)C. The van der Waals surface area contributed by atoms with E-state index < -0.39 is 0 Å². The molecular formula is C17H26N6. The standard InChI is InChI=1S/C17H26N6/c1-12-11-13(7-8-14(12)22(2)3)23-16(19)20-15(18)21-17(23)9-5-4-6-10-17/h7-8,11H,4-6,9-10H2,1-3H3,(H4,18,19,20,21). The first-order chi connectivity index (χ1) is 10.9. The van der Waals surface area contributed by atoms with Gasteiger partial charge in [-0.25, -0.2) is 4.99 Å². The fourth-order valence-corrected chi connectivity index (χ4v) is 3.78. The molecule has 23 heavy (non-hydrogen) atoms. The van der Waals surface area contributed by atoms with Gasteiger partial charge in [0.2, 0.25) is 11.9 Å². The summed E-state index contributed by atoms with van der Waals surface area (Å²) in [5.41, 5.74) is 15.2. The first kappa shape index (κ1) is 15.6. The third-order valence-electron chi connectivity index (χ3n) is 4.77. The van der Waals surface area contributed by atoms with Gasteiger partial charge in [0.05, 0.1) is 0 Å². The summed E-state index contributed by atoms with van der Waals surface area (Å²) in [5.74, 6) is 0.735. The fraction of sp³-hybridized carbons (Fsp3) is 0.529. The van der Waals surface area contributed by atoms with Gasteiger partial charge in [0, 0.05) is 25.5 Å². The Morgan fingerprint density at radius 1 is 1.13 bits per heavy atom. The van der Waals surface area contributed by atoms with Gasteiger partial charge >= 0.3 is 0 Å². The van der Waals surface area contributed by atoms with E-state index in [-0.39, 0.29) is 5.66 Å². The topological polar surface area (TPSA) is 83.2 Å². The molecule has 0 bridgehead atoms. The molecule has 0 radical (unpaired) electrons. The molecular weight excluding hydrogens is 288 g/mol. The average molecular weight is 314 g/mol. The number of guanidine groups is 2. The molecule has 1 aliphatic carbocycles. The second-order valence-corrected chi connectivity index (χ2v) is 6.68. The van der Waals surface area contributed by atoms with Crippen LogP contribution in [0.1, 0.15) is 37.7 Å². The van der Waals surface area contributed by atoms with Crippen molar-refractivity contribution in [1.29, 1.82) is 0 Å². The van der Waals surface area contributed by atoms with Gasteiger partial charge in [-0.05, 0) is 56.4 Å². The van der Waals surface area contributed by atoms with Crippen LogP contribution in [0.15, 0.2) is 28.2 Å². The first-order valence-electron chi connectivity index (χ1n) is 8.21. The molecule has 0 aromatic heterocycles. The molecule has 1 aromatic rings. The molecule has 4 N–H and O–H groups in total. The molecule has 0 amide bonds. The van der Waals surface area contributed by atoms with Crippen LogP contribution in [0.4, 0.5) is 11.4 Å². The number of hydrogen-bond donors (Lipinski definition) is 2. The van der Waals surface area contributed by atoms with E-state index in [1.54, 1.807) is 0 Å². The van der Waals surface area contributed by atoms with Crippen molar-refractivity contribution in [2.24, 2.45) is 21.5 Å². The lowest BCUT2D eigenvalue weighted by Crippen LogP contribution is -2.58. The van der Waals surface area contributed by atoms with Crippen LogP contribution in [0.5, 0.6) is 0 Å². The molecule has 1 aliphatic heterocycles. The molecule has 6 heteroatoms. The molecule has 0 atom stereocenters. The molecule has 2 aliphatic rings. The molecule has 1 fully saturated rings. The lowest BCUT2D eigenvalue weighted by atomic mass is 9.87. The van der Waals surface area contributed by atoms with Crippen LogP contribution in [-0.2, 0) is 0 Å². The molecule has 124 valence electrons. The number of aryl methyl sites for hydroxylation is 1. The summed E-state index contributed by atoms with van der Waals surface area (Å²) in [6.07, 6.45) is 5.42. The van der Waals surface area contributed by atoms with E-state index in [1.165, 1.54) is 17.7 Å². The highest BCUT2D eigenvalue weighted by molar-refractivity contribution is 6.05. The molecule has 1 heterocycles. The van der Waals surface area contributed by atoms with Crippen molar-refractivity contribution in [1.82, 2.24) is 0 Å². The highest BCUT2D eigenvalue weighted by atomic mass is 15.4. The number of benzene rings is 1. The minimum absolute atomic E-state index is 0.294. The Bertz CT molecular complexity index is 655. The second kappa shape index (κ2) is 5.76. The van der Waals surface area contributed by atoms with Crippen molar-refractivity contribution in [3.05, 3.63) is 23.8 Å². The van der Waals surface area contributed by atoms with Gasteiger partial charge in [0.15, 0.2) is 0 Å². The van der Waals surface area contributed by atoms with E-state index in [0.717, 1.165) is 31.4 Å². The van der Waals surface area contributed by atoms with Crippen molar-refractivity contribution in [3.8, 4) is 0 Å². The maximum atomic E-state index is 6.26. The van der Waals surface area contributed by atoms with E-state index >= 15 is 0 Å². The van der Waals surface area contributed by atoms with Gasteiger partial charge in [-0.1, -0.05) is 6.42 Å². The minimum atomic E-state index is -0.375. The number of nitrogens with two attached hydrogens (primary N) is 2. The Hall–Kier alpha value is -2.24. The van der Waals surface area contributed by atoms with Gasteiger partial charge in [-0.15, -0.1) is 0 Å². The van der Waals surface area contributed by atoms with Crippen molar-refractivity contribution < 1.29 is 0 Å². The maximum absolute atomic E-state index is 6.26. The molecule has 0 saturated heterocycles. The van der Waals surface area contributed by atoms with E-state index in [9.17, 15) is 0 Å². The number of nitrogens with zero attached hydrogens (tertiary/aromatic N) is 4. The van der Waals surface area contributed by atoms with Gasteiger partial charge in [0.25, 0.3) is 0 Å². The monoisotopic (exact) mass is 314 g/mol. The molecule has 1 saturated carbocycles. The van der Waals surface area contributed by atoms with Crippen LogP contribution in [0.3, 0.4) is 0 Å². The van der Waals surface area contributed by atoms with Gasteiger partial charge < -0.3 is 16.4 Å². The molecule has 6 nitrogen and oxygen atoms in total. The van der Waals surface area contributed by atoms with Gasteiger partial charge in [-0.2, -0.15) is 4.99 Å². The summed E-state index contributed by atoms with van der Waals surface area (Å²) in [6.45, 7) is 2.11. The van der Waals surface area contributed by atoms with E-state index in [1.807, 2.05) is 14.1 Å². The Morgan fingerprint density at radius 2 is 1.83 bits per heavy atom. The number of aliphatic imine (C=N–C) groups is 2. The van der Waals surface area contributed by atoms with Crippen LogP contribution in [-0.4, -0.2) is 31.7 Å². The third-order valence-corrected chi connectivity index (χ3v) is 4.77. The molecule has 3 rings (SSSR count). The van der Waals surface area contributed by atoms with Crippen molar-refractivity contribution in [3.63, 3.8) is 0 Å². The summed E-state index contributed by atoms with van der Waals surface area (Å²) < 4.78 is 0. The van der Waals surface area contributed by atoms with Crippen LogP contribution in [0, 0.1) is 6.92 Å². The zero-order valence-corrected chi connectivity index (χ0v) is 14.2. The molecule has 1 spiro atoms. The maximum Gasteiger partial charge on any atom is 0.220 e. The van der Waals surface area contributed by atoms with Crippen molar-refractivity contribution >= 4 is 23.3 Å². The van der Waals surface area contributed by atoms with Crippen LogP contribution >= 0.6 is 0 Å². The first-order valence-corrected chi connectivity index (χ1v) is 8.21. The summed E-state index contributed by atoms with van der Waals surface area (Å²) in [5, 5.41) is 0. The predicted molar refractivity (Wildman–Crippen MR) is 97.0 cm³/mol. The summed E-state index contributed by atoms with van der Waals surface area (Å²) >= 11 is 0. The number of rotatable bonds is 2. The van der Waals surface area contributed by atoms with Gasteiger partial charge in [0.1, 0.15) is 5.66 Å². The quantitative estimate of drug-likeness (QED) is 0.876. The predicted octanol–water partition coefficient (Wildman–Crippen LogP) is 2.17. The molecule has 0 unspecified atom stereocenters. The number of anilines is 2. The smallest absolute Gasteiger partial charge is 0.220 e. The van der Waals surface area contributed by atoms with Crippen molar-refractivity contribution in [2.45, 2.75) is 44.7 Å². The Kier molecular flexibility index (Phi) is 3.92. The lowest BCUT2D eigenvalue weighted by Gasteiger charge is -2.45. The highest BCUT2D eigenvalue weighted by Crippen LogP contribution is 2.40. The van der Waals surface area contributed by atoms with E-state index in [2.05, 4.69) is 39.9 Å². The van der Waals surface area contributed by atoms with Crippen LogP contribution in [0.25, 0.3) is 0 Å². The zero-order chi connectivity index (χ0) is 16.6. The van der Waals surface area contributed by atoms with E-state index in [4.69, 9.17) is 16.5 Å². The lowest BCUT2D eigenvalue weighted by molar-refractivity contribution is 0.305. The Morgan fingerprint density at radius 3 is 2.43 bits per heavy atom. The van der Waals surface area contributed by atoms with Gasteiger partial charge in [-0.3, -0.25) is 4.90 Å². The fourth-order valence-electron chi connectivity index (χ4n) is 3.78. The summed E-state index contributed by atoms with van der Waals surface area (Å²) in [4.78, 5) is 13.1. The summed E-state index contributed by atoms with van der Waals surface area (Å²) in [7, 11) is 4.10. The van der Waals surface area contributed by atoms with Crippen LogP contribution in [0.2, 0.25) is 0 Å². The second-order valence-electron chi connectivity index (χ2n) is 6.68. The average Bonchev–Trinajstić information content (AvgIpc) is 2.46. The largest absolute Gasteiger partial charge is 0.377 e. The van der Waals surface area contributed by atoms with E-state index in [0.29, 0.717) is 11.9 Å². The minimum Gasteiger partial charge on any atom is -0.377 e. The summed E-state index contributed by atoms with van der Waals surface area (Å²) in [6, 6.07) is 6.37. The zero-order valence-electron chi connectivity index (χ0n) is 14.2. The van der Waals surface area contributed by atoms with Crippen molar-refractivity contribution in [2.75, 3.05) is 23.9 Å². The third kappa shape index (κ3) is 2.73. The Labute approximate surface area is 137 Å². The molecule has 1 aromatic carbocycles. The number of hydrogen-bond acceptors (Lipinski definition) is 6.